The minimum absolute atomic E-state index is 0.282. The van der Waals surface area contributed by atoms with Crippen LogP contribution >= 0.6 is 0 Å². The van der Waals surface area contributed by atoms with Crippen LogP contribution in [0.2, 0.25) is 0 Å². The second-order valence-corrected chi connectivity index (χ2v) is 4.58. The molecule has 1 aliphatic rings. The fourth-order valence-electron chi connectivity index (χ4n) is 2.16. The molecule has 0 radical (unpaired) electrons. The van der Waals surface area contributed by atoms with E-state index >= 15 is 0 Å². The van der Waals surface area contributed by atoms with Gasteiger partial charge in [0, 0.05) is 13.0 Å². The van der Waals surface area contributed by atoms with Gasteiger partial charge in [0.05, 0.1) is 12.7 Å². The number of nitrogens with two attached hydrogens (primary N) is 1. The van der Waals surface area contributed by atoms with E-state index in [9.17, 15) is 4.39 Å². The molecule has 1 aliphatic heterocycles. The van der Waals surface area contributed by atoms with Crippen molar-refractivity contribution in [1.82, 2.24) is 0 Å². The summed E-state index contributed by atoms with van der Waals surface area (Å²) in [4.78, 5) is 0. The van der Waals surface area contributed by atoms with Gasteiger partial charge in [-0.3, -0.25) is 0 Å². The van der Waals surface area contributed by atoms with Crippen LogP contribution in [-0.4, -0.2) is 25.9 Å². The van der Waals surface area contributed by atoms with Gasteiger partial charge in [-0.15, -0.1) is 0 Å². The molecule has 0 amide bonds. The third-order valence-electron chi connectivity index (χ3n) is 3.15. The number of halogens is 1. The topological polar surface area (TPSA) is 44.5 Å². The number of rotatable bonds is 6. The molecule has 18 heavy (non-hydrogen) atoms. The molecule has 0 aliphatic carbocycles. The first-order chi connectivity index (χ1) is 8.79. The summed E-state index contributed by atoms with van der Waals surface area (Å²) >= 11 is 0. The molecule has 0 bridgehead atoms. The third kappa shape index (κ3) is 3.68. The molecule has 0 saturated carbocycles. The molecule has 1 saturated heterocycles. The Morgan fingerprint density at radius 1 is 1.44 bits per heavy atom. The molecule has 0 spiro atoms. The van der Waals surface area contributed by atoms with Crippen molar-refractivity contribution in [3.8, 4) is 5.75 Å². The number of hydrogen-bond acceptors (Lipinski definition) is 3. The van der Waals surface area contributed by atoms with Gasteiger partial charge in [-0.2, -0.15) is 0 Å². The van der Waals surface area contributed by atoms with Crippen LogP contribution in [0.4, 0.5) is 4.39 Å². The molecule has 0 aromatic heterocycles. The fraction of sp³-hybridized carbons (Fsp3) is 0.571. The largest absolute Gasteiger partial charge is 0.490 e. The Labute approximate surface area is 107 Å². The van der Waals surface area contributed by atoms with E-state index in [0.29, 0.717) is 25.3 Å². The number of benzene rings is 1. The van der Waals surface area contributed by atoms with Crippen LogP contribution in [-0.2, 0) is 11.2 Å². The zero-order valence-electron chi connectivity index (χ0n) is 10.5. The average Bonchev–Trinajstić information content (AvgIpc) is 2.85. The molecular formula is C14H20FNO2. The highest BCUT2D eigenvalue weighted by molar-refractivity contribution is 5.29. The van der Waals surface area contributed by atoms with Gasteiger partial charge in [-0.1, -0.05) is 6.07 Å². The maximum atomic E-state index is 13.7. The van der Waals surface area contributed by atoms with E-state index in [0.717, 1.165) is 31.4 Å². The minimum Gasteiger partial charge on any atom is -0.490 e. The lowest BCUT2D eigenvalue weighted by Crippen LogP contribution is -2.11. The monoisotopic (exact) mass is 253 g/mol. The smallest absolute Gasteiger partial charge is 0.165 e. The lowest BCUT2D eigenvalue weighted by atomic mass is 10.1. The van der Waals surface area contributed by atoms with Gasteiger partial charge in [-0.05, 0) is 43.5 Å². The van der Waals surface area contributed by atoms with Crippen molar-refractivity contribution in [2.45, 2.75) is 31.8 Å². The quantitative estimate of drug-likeness (QED) is 0.846. The van der Waals surface area contributed by atoms with Crippen molar-refractivity contribution in [3.05, 3.63) is 29.6 Å². The molecule has 4 heteroatoms. The molecule has 1 unspecified atom stereocenters. The predicted molar refractivity (Wildman–Crippen MR) is 68.2 cm³/mol. The van der Waals surface area contributed by atoms with Gasteiger partial charge in [0.2, 0.25) is 0 Å². The Hall–Kier alpha value is -1.13. The van der Waals surface area contributed by atoms with Crippen molar-refractivity contribution >= 4 is 0 Å². The molecule has 1 aromatic carbocycles. The fourth-order valence-corrected chi connectivity index (χ4v) is 2.16. The van der Waals surface area contributed by atoms with Crippen LogP contribution in [0, 0.1) is 5.82 Å². The zero-order valence-corrected chi connectivity index (χ0v) is 10.5. The molecule has 2 rings (SSSR count). The van der Waals surface area contributed by atoms with Gasteiger partial charge in [0.25, 0.3) is 0 Å². The standard InChI is InChI=1S/C14H20FNO2/c15-13-10-11(5-7-16)3-4-14(13)18-9-6-12-2-1-8-17-12/h3-4,10,12H,1-2,5-9,16H2. The lowest BCUT2D eigenvalue weighted by molar-refractivity contribution is 0.0897. The first-order valence-electron chi connectivity index (χ1n) is 6.52. The Balaban J connectivity index is 1.81. The van der Waals surface area contributed by atoms with Gasteiger partial charge in [-0.25, -0.2) is 4.39 Å². The number of hydrogen-bond donors (Lipinski definition) is 1. The van der Waals surface area contributed by atoms with E-state index < -0.39 is 0 Å². The highest BCUT2D eigenvalue weighted by Crippen LogP contribution is 2.20. The van der Waals surface area contributed by atoms with Crippen molar-refractivity contribution in [2.75, 3.05) is 19.8 Å². The molecule has 1 heterocycles. The Kier molecular flexibility index (Phi) is 4.96. The first-order valence-corrected chi connectivity index (χ1v) is 6.52. The molecule has 1 fully saturated rings. The average molecular weight is 253 g/mol. The summed E-state index contributed by atoms with van der Waals surface area (Å²) in [5.41, 5.74) is 6.34. The lowest BCUT2D eigenvalue weighted by Gasteiger charge is -2.11. The van der Waals surface area contributed by atoms with Crippen LogP contribution in [0.5, 0.6) is 5.75 Å². The maximum absolute atomic E-state index is 13.7. The van der Waals surface area contributed by atoms with Crippen LogP contribution in [0.25, 0.3) is 0 Å². The summed E-state index contributed by atoms with van der Waals surface area (Å²) in [6.07, 6.45) is 4.00. The van der Waals surface area contributed by atoms with E-state index in [1.165, 1.54) is 6.07 Å². The second-order valence-electron chi connectivity index (χ2n) is 4.58. The van der Waals surface area contributed by atoms with E-state index in [1.54, 1.807) is 6.07 Å². The van der Waals surface area contributed by atoms with E-state index in [-0.39, 0.29) is 11.9 Å². The maximum Gasteiger partial charge on any atom is 0.165 e. The van der Waals surface area contributed by atoms with Gasteiger partial charge < -0.3 is 15.2 Å². The SMILES string of the molecule is NCCc1ccc(OCCC2CCCO2)c(F)c1. The normalized spacial score (nSPS) is 19.1. The van der Waals surface area contributed by atoms with Crippen molar-refractivity contribution in [1.29, 1.82) is 0 Å². The van der Waals surface area contributed by atoms with Crippen LogP contribution < -0.4 is 10.5 Å². The highest BCUT2D eigenvalue weighted by Gasteiger charge is 2.15. The summed E-state index contributed by atoms with van der Waals surface area (Å²) in [7, 11) is 0. The minimum atomic E-state index is -0.312. The van der Waals surface area contributed by atoms with Crippen molar-refractivity contribution < 1.29 is 13.9 Å². The summed E-state index contributed by atoms with van der Waals surface area (Å²) in [6.45, 7) is 1.86. The van der Waals surface area contributed by atoms with Crippen molar-refractivity contribution in [2.24, 2.45) is 5.73 Å². The van der Waals surface area contributed by atoms with Crippen LogP contribution in [0.1, 0.15) is 24.8 Å². The molecule has 2 N–H and O–H groups in total. The Morgan fingerprint density at radius 2 is 2.33 bits per heavy atom. The summed E-state index contributed by atoms with van der Waals surface area (Å²) in [6, 6.07) is 5.03. The summed E-state index contributed by atoms with van der Waals surface area (Å²) < 4.78 is 24.6. The summed E-state index contributed by atoms with van der Waals surface area (Å²) in [5.74, 6) is 0.00191. The molecular weight excluding hydrogens is 233 g/mol. The predicted octanol–water partition coefficient (Wildman–Crippen LogP) is 2.27. The van der Waals surface area contributed by atoms with Gasteiger partial charge >= 0.3 is 0 Å². The summed E-state index contributed by atoms with van der Waals surface area (Å²) in [5, 5.41) is 0. The molecule has 100 valence electrons. The van der Waals surface area contributed by atoms with E-state index in [2.05, 4.69) is 0 Å². The molecule has 1 aromatic rings. The van der Waals surface area contributed by atoms with Gasteiger partial charge in [0.15, 0.2) is 11.6 Å². The third-order valence-corrected chi connectivity index (χ3v) is 3.15. The zero-order chi connectivity index (χ0) is 12.8. The number of ether oxygens (including phenoxy) is 2. The van der Waals surface area contributed by atoms with Crippen LogP contribution in [0.15, 0.2) is 18.2 Å². The van der Waals surface area contributed by atoms with E-state index in [1.807, 2.05) is 6.07 Å². The Morgan fingerprint density at radius 3 is 3.00 bits per heavy atom. The van der Waals surface area contributed by atoms with Gasteiger partial charge in [0.1, 0.15) is 0 Å². The molecule has 1 atom stereocenters. The first kappa shape index (κ1) is 13.3. The van der Waals surface area contributed by atoms with Crippen LogP contribution in [0.3, 0.4) is 0 Å². The Bertz CT molecular complexity index is 378. The molecule has 3 nitrogen and oxygen atoms in total. The second kappa shape index (κ2) is 6.71. The highest BCUT2D eigenvalue weighted by atomic mass is 19.1. The van der Waals surface area contributed by atoms with Crippen molar-refractivity contribution in [3.63, 3.8) is 0 Å². The van der Waals surface area contributed by atoms with E-state index in [4.69, 9.17) is 15.2 Å².